The fraction of sp³-hybridized carbons (Fsp3) is 0.0794. The molecule has 5 heteroatoms. The van der Waals surface area contributed by atoms with Gasteiger partial charge >= 0.3 is 401 Å². The number of benzene rings is 9. The van der Waals surface area contributed by atoms with Crippen molar-refractivity contribution in [1.29, 1.82) is 0 Å². The molecule has 0 N–H and O–H groups in total. The van der Waals surface area contributed by atoms with Gasteiger partial charge in [0.25, 0.3) is 0 Å². The normalized spacial score (nSPS) is 12.5. The molecular weight excluding hydrogens is 939 g/mol. The zero-order valence-corrected chi connectivity index (χ0v) is 43.3. The van der Waals surface area contributed by atoms with Crippen LogP contribution in [0.3, 0.4) is 0 Å². The van der Waals surface area contributed by atoms with E-state index in [-0.39, 0.29) is 37.2 Å². The molecule has 0 nitrogen and oxygen atoms in total. The first-order valence-electron chi connectivity index (χ1n) is 22.9. The minimum atomic E-state index is -3.37. The number of rotatable bonds is 12. The van der Waals surface area contributed by atoms with Crippen LogP contribution in [0.25, 0.3) is 66.8 Å². The second-order valence-corrected chi connectivity index (χ2v) is 22.0. The van der Waals surface area contributed by atoms with Gasteiger partial charge in [-0.1, -0.05) is 0 Å². The summed E-state index contributed by atoms with van der Waals surface area (Å²) in [6, 6.07) is 88.8. The summed E-state index contributed by atoms with van der Waals surface area (Å²) in [6.07, 6.45) is 4.59. The zero-order valence-electron chi connectivity index (χ0n) is 38.3. The SMILES string of the molecule is CCC(C)C1=CC[C]([Ti])=C1[Si](c1cc(-c2ccccc2)cc(-c2ccccc2)c1)(c1cc(-c2ccccc2)cc(-c2ccccc2)c1)c1cc(-c2ccccc2)cc(-c2ccccc2)c1.Cl.Cl.Cl. The molecule has 0 fully saturated rings. The maximum absolute atomic E-state index is 3.37. The number of halogens is 3. The van der Waals surface area contributed by atoms with Gasteiger partial charge in [-0.05, 0) is 0 Å². The summed E-state index contributed by atoms with van der Waals surface area (Å²) in [4.78, 5) is 0. The Morgan fingerprint density at radius 2 is 0.603 bits per heavy atom. The van der Waals surface area contributed by atoms with Crippen molar-refractivity contribution in [3.05, 3.63) is 257 Å². The van der Waals surface area contributed by atoms with Gasteiger partial charge in [-0.15, -0.1) is 37.2 Å². The van der Waals surface area contributed by atoms with Crippen molar-refractivity contribution in [2.75, 3.05) is 0 Å². The largest absolute Gasteiger partial charge is 0.147 e. The van der Waals surface area contributed by atoms with Crippen LogP contribution in [-0.2, 0) is 20.4 Å². The molecule has 0 spiro atoms. The molecule has 68 heavy (non-hydrogen) atoms. The van der Waals surface area contributed by atoms with Gasteiger partial charge in [-0.3, -0.25) is 0 Å². The summed E-state index contributed by atoms with van der Waals surface area (Å²) in [6.45, 7) is 4.81. The van der Waals surface area contributed by atoms with Crippen LogP contribution in [0.1, 0.15) is 26.7 Å². The molecule has 9 aromatic rings. The zero-order chi connectivity index (χ0) is 44.2. The Labute approximate surface area is 434 Å². The molecule has 0 bridgehead atoms. The molecule has 0 aromatic heterocycles. The first-order chi connectivity index (χ1) is 32.0. The molecular formula is C63H54Cl3SiTi. The van der Waals surface area contributed by atoms with Crippen LogP contribution < -0.4 is 15.6 Å². The Balaban J connectivity index is 0.00000228. The maximum Gasteiger partial charge on any atom is -0.147 e. The van der Waals surface area contributed by atoms with Crippen molar-refractivity contribution in [2.24, 2.45) is 5.92 Å². The molecule has 0 saturated carbocycles. The van der Waals surface area contributed by atoms with Gasteiger partial charge in [0.1, 0.15) is 0 Å². The van der Waals surface area contributed by atoms with E-state index in [1.807, 2.05) is 0 Å². The van der Waals surface area contributed by atoms with E-state index in [9.17, 15) is 0 Å². The molecule has 9 aromatic carbocycles. The Morgan fingerprint density at radius 3 is 0.824 bits per heavy atom. The summed E-state index contributed by atoms with van der Waals surface area (Å²) >= 11 is 2.43. The van der Waals surface area contributed by atoms with Gasteiger partial charge in [-0.25, -0.2) is 0 Å². The Hall–Kier alpha value is -5.74. The smallest absolute Gasteiger partial charge is 0.147 e. The second kappa shape index (κ2) is 22.6. The van der Waals surface area contributed by atoms with E-state index in [0.717, 1.165) is 12.8 Å². The molecule has 0 radical (unpaired) electrons. The maximum atomic E-state index is 2.58. The summed E-state index contributed by atoms with van der Waals surface area (Å²) in [7, 11) is -3.37. The van der Waals surface area contributed by atoms with Crippen LogP contribution in [0, 0.1) is 5.92 Å². The topological polar surface area (TPSA) is 0 Å². The van der Waals surface area contributed by atoms with Gasteiger partial charge in [0.2, 0.25) is 0 Å². The fourth-order valence-electron chi connectivity index (χ4n) is 9.95. The Morgan fingerprint density at radius 1 is 0.368 bits per heavy atom. The number of hydrogen-bond acceptors (Lipinski definition) is 0. The third kappa shape index (κ3) is 10.0. The van der Waals surface area contributed by atoms with E-state index < -0.39 is 8.07 Å². The van der Waals surface area contributed by atoms with Crippen LogP contribution in [0.2, 0.25) is 0 Å². The second-order valence-electron chi connectivity index (χ2n) is 17.4. The van der Waals surface area contributed by atoms with Crippen molar-refractivity contribution in [3.63, 3.8) is 0 Å². The van der Waals surface area contributed by atoms with Crippen LogP contribution in [0.5, 0.6) is 0 Å². The average Bonchev–Trinajstić information content (AvgIpc) is 3.78. The standard InChI is InChI=1S/C63H51Si.3ClH.Ti/c1-3-46(2)62-35-22-36-63(62)64(59-40-53(47-23-10-4-11-24-47)37-54(41-59)48-25-12-5-13-26-48,60-42-55(49-27-14-6-15-28-49)38-56(43-60)50-29-16-7-17-30-50)61-44-57(51-31-18-8-19-32-51)39-58(45-61)52-33-20-9-21-34-52;;;;/h4-21,23-35,37-46H,3,22H2,1-2H3;3*1H;. The third-order valence-corrected chi connectivity index (χ3v) is 19.3. The van der Waals surface area contributed by atoms with Crippen molar-refractivity contribution in [3.8, 4) is 66.8 Å². The predicted molar refractivity (Wildman–Crippen MR) is 298 cm³/mol. The molecule has 335 valence electrons. The Kier molecular flexibility index (Phi) is 16.7. The molecule has 1 aliphatic carbocycles. The van der Waals surface area contributed by atoms with Crippen molar-refractivity contribution >= 4 is 60.9 Å². The van der Waals surface area contributed by atoms with Gasteiger partial charge in [0.15, 0.2) is 0 Å². The van der Waals surface area contributed by atoms with Crippen LogP contribution in [0.4, 0.5) is 0 Å². The summed E-state index contributed by atoms with van der Waals surface area (Å²) < 4.78 is 1.47. The van der Waals surface area contributed by atoms with Crippen molar-refractivity contribution in [2.45, 2.75) is 26.7 Å². The third-order valence-electron chi connectivity index (χ3n) is 13.4. The molecule has 0 amide bonds. The first kappa shape index (κ1) is 50.1. The van der Waals surface area contributed by atoms with E-state index >= 15 is 0 Å². The number of allylic oxidation sites excluding steroid dienone is 4. The van der Waals surface area contributed by atoms with Crippen LogP contribution in [0.15, 0.2) is 257 Å². The average molecular weight is 993 g/mol. The molecule has 0 saturated heterocycles. The molecule has 1 atom stereocenters. The van der Waals surface area contributed by atoms with Gasteiger partial charge < -0.3 is 0 Å². The van der Waals surface area contributed by atoms with Gasteiger partial charge in [0.05, 0.1) is 0 Å². The number of hydrogen-bond donors (Lipinski definition) is 0. The molecule has 1 unspecified atom stereocenters. The summed E-state index contributed by atoms with van der Waals surface area (Å²) in [5, 5.41) is 5.70. The molecule has 10 rings (SSSR count). The molecule has 1 aliphatic rings. The van der Waals surface area contributed by atoms with Crippen LogP contribution >= 0.6 is 37.2 Å². The van der Waals surface area contributed by atoms with Gasteiger partial charge in [-0.2, -0.15) is 0 Å². The predicted octanol–water partition coefficient (Wildman–Crippen LogP) is 16.1. The Bertz CT molecular complexity index is 2680. The quantitative estimate of drug-likeness (QED) is 0.0845. The van der Waals surface area contributed by atoms with E-state index in [2.05, 4.69) is 277 Å². The first-order valence-corrected chi connectivity index (χ1v) is 25.7. The van der Waals surface area contributed by atoms with Gasteiger partial charge in [0, 0.05) is 0 Å². The fourth-order valence-corrected chi connectivity index (χ4v) is 16.6. The van der Waals surface area contributed by atoms with E-state index in [0.29, 0.717) is 5.92 Å². The van der Waals surface area contributed by atoms with Crippen molar-refractivity contribution in [1.82, 2.24) is 0 Å². The minimum Gasteiger partial charge on any atom is -0.147 e. The van der Waals surface area contributed by atoms with E-state index in [4.69, 9.17) is 0 Å². The minimum absolute atomic E-state index is 0. The monoisotopic (exact) mass is 991 g/mol. The molecule has 0 aliphatic heterocycles. The molecule has 0 heterocycles. The summed E-state index contributed by atoms with van der Waals surface area (Å²) in [5.41, 5.74) is 16.2. The van der Waals surface area contributed by atoms with E-state index in [1.165, 1.54) is 91.8 Å². The summed E-state index contributed by atoms with van der Waals surface area (Å²) in [5.74, 6) is 0.372. The van der Waals surface area contributed by atoms with Crippen LogP contribution in [-0.4, -0.2) is 8.07 Å². The van der Waals surface area contributed by atoms with Crippen molar-refractivity contribution < 1.29 is 20.4 Å². The van der Waals surface area contributed by atoms with E-state index in [1.54, 1.807) is 5.20 Å².